The Kier molecular flexibility index (Phi) is 14.3. The standard InChI is InChI=1S/2C21H36N2O3/c2*1-2-25-14-16-7-8-18(13-16)22-11-9-17(10-12-22)23-19-5-3-4-6-20(19)26-15-21(23)24/h2*16-20H,2-15H2,1H3/t2*16?,18?,19-,20-/m00/s1. The van der Waals surface area contributed by atoms with Gasteiger partial charge in [0.05, 0.1) is 24.3 Å². The number of rotatable bonds is 10. The van der Waals surface area contributed by atoms with E-state index in [1.807, 2.05) is 0 Å². The summed E-state index contributed by atoms with van der Waals surface area (Å²) in [6.07, 6.45) is 22.6. The van der Waals surface area contributed by atoms with E-state index in [0.717, 1.165) is 128 Å². The van der Waals surface area contributed by atoms with Gasteiger partial charge >= 0.3 is 0 Å². The summed E-state index contributed by atoms with van der Waals surface area (Å²) in [7, 11) is 0. The highest BCUT2D eigenvalue weighted by atomic mass is 16.5. The van der Waals surface area contributed by atoms with Crippen LogP contribution in [0.5, 0.6) is 0 Å². The van der Waals surface area contributed by atoms with Crippen molar-refractivity contribution in [1.29, 1.82) is 0 Å². The molecule has 4 aliphatic carbocycles. The van der Waals surface area contributed by atoms with Gasteiger partial charge in [0.1, 0.15) is 13.2 Å². The molecular formula is C42H72N4O6. The summed E-state index contributed by atoms with van der Waals surface area (Å²) in [5, 5.41) is 0. The van der Waals surface area contributed by atoms with Crippen molar-refractivity contribution in [3.05, 3.63) is 0 Å². The summed E-state index contributed by atoms with van der Waals surface area (Å²) in [5.74, 6) is 1.98. The SMILES string of the molecule is CCOCC1CCC(N2CCC(N3C(=O)CO[C@H]4CCCC[C@@H]43)CC2)C1.CCOCC1CCC(N2CCC(N3C(=O)CO[C@H]4CCCC[C@@H]43)CC2)C1. The maximum Gasteiger partial charge on any atom is 0.249 e. The van der Waals surface area contributed by atoms with Crippen LogP contribution >= 0.6 is 0 Å². The van der Waals surface area contributed by atoms with Crippen LogP contribution in [0.15, 0.2) is 0 Å². The van der Waals surface area contributed by atoms with Gasteiger partial charge in [0.25, 0.3) is 0 Å². The van der Waals surface area contributed by atoms with Crippen LogP contribution in [0.3, 0.4) is 0 Å². The van der Waals surface area contributed by atoms with Crippen LogP contribution in [0.2, 0.25) is 0 Å². The lowest BCUT2D eigenvalue weighted by molar-refractivity contribution is -0.167. The number of ether oxygens (including phenoxy) is 4. The average Bonchev–Trinajstić information content (AvgIpc) is 3.87. The van der Waals surface area contributed by atoms with Crippen LogP contribution in [0.4, 0.5) is 0 Å². The third kappa shape index (κ3) is 9.38. The summed E-state index contributed by atoms with van der Waals surface area (Å²) in [5.41, 5.74) is 0. The molecule has 8 aliphatic rings. The molecule has 4 unspecified atom stereocenters. The Bertz CT molecular complexity index is 1040. The molecule has 0 aromatic carbocycles. The van der Waals surface area contributed by atoms with Gasteiger partial charge in [-0.05, 0) is 116 Å². The van der Waals surface area contributed by atoms with Crippen LogP contribution < -0.4 is 0 Å². The molecule has 0 aromatic heterocycles. The fourth-order valence-corrected chi connectivity index (χ4v) is 11.7. The van der Waals surface area contributed by atoms with Crippen LogP contribution in [-0.2, 0) is 28.5 Å². The van der Waals surface area contributed by atoms with E-state index >= 15 is 0 Å². The van der Waals surface area contributed by atoms with Crippen molar-refractivity contribution in [1.82, 2.24) is 19.6 Å². The minimum absolute atomic E-state index is 0.240. The zero-order chi connectivity index (χ0) is 35.9. The predicted molar refractivity (Wildman–Crippen MR) is 202 cm³/mol. The van der Waals surface area contributed by atoms with E-state index in [4.69, 9.17) is 18.9 Å². The first-order valence-electron chi connectivity index (χ1n) is 22.0. The highest BCUT2D eigenvalue weighted by Crippen LogP contribution is 2.37. The van der Waals surface area contributed by atoms with E-state index in [9.17, 15) is 9.59 Å². The van der Waals surface area contributed by atoms with Gasteiger partial charge in [-0.3, -0.25) is 9.59 Å². The second-order valence-corrected chi connectivity index (χ2v) is 17.5. The molecular weight excluding hydrogens is 656 g/mol. The van der Waals surface area contributed by atoms with E-state index in [0.29, 0.717) is 49.6 Å². The molecule has 0 bridgehead atoms. The molecule has 0 N–H and O–H groups in total. The minimum Gasteiger partial charge on any atom is -0.381 e. The second kappa shape index (κ2) is 19.0. The summed E-state index contributed by atoms with van der Waals surface area (Å²) >= 11 is 0. The molecule has 4 aliphatic heterocycles. The third-order valence-electron chi connectivity index (χ3n) is 14.4. The summed E-state index contributed by atoms with van der Waals surface area (Å²) in [6.45, 7) is 12.9. The van der Waals surface area contributed by atoms with Crippen molar-refractivity contribution < 1.29 is 28.5 Å². The first kappa shape index (κ1) is 39.0. The number of amides is 2. The molecule has 10 heteroatoms. The Morgan fingerprint density at radius 3 is 1.33 bits per heavy atom. The fourth-order valence-electron chi connectivity index (χ4n) is 11.7. The van der Waals surface area contributed by atoms with Gasteiger partial charge in [-0.2, -0.15) is 0 Å². The topological polar surface area (TPSA) is 84.0 Å². The Balaban J connectivity index is 0.000000162. The number of carbonyl (C=O) groups is 2. The van der Waals surface area contributed by atoms with Gasteiger partial charge in [0.15, 0.2) is 0 Å². The van der Waals surface area contributed by atoms with E-state index in [-0.39, 0.29) is 11.8 Å². The molecule has 8 fully saturated rings. The van der Waals surface area contributed by atoms with Crippen LogP contribution in [0.1, 0.15) is 129 Å². The molecule has 8 atom stereocenters. The Hall–Kier alpha value is -1.30. The van der Waals surface area contributed by atoms with E-state index in [1.165, 1.54) is 64.2 Å². The molecule has 4 saturated carbocycles. The van der Waals surface area contributed by atoms with E-state index in [1.54, 1.807) is 0 Å². The lowest BCUT2D eigenvalue weighted by atomic mass is 9.87. The molecule has 4 heterocycles. The monoisotopic (exact) mass is 729 g/mol. The lowest BCUT2D eigenvalue weighted by Gasteiger charge is -2.49. The van der Waals surface area contributed by atoms with E-state index < -0.39 is 0 Å². The highest BCUT2D eigenvalue weighted by molar-refractivity contribution is 5.79. The Morgan fingerprint density at radius 2 is 0.923 bits per heavy atom. The van der Waals surface area contributed by atoms with Crippen molar-refractivity contribution in [2.24, 2.45) is 11.8 Å². The molecule has 0 aromatic rings. The molecule has 52 heavy (non-hydrogen) atoms. The maximum atomic E-state index is 12.6. The number of hydrogen-bond acceptors (Lipinski definition) is 8. The molecule has 4 saturated heterocycles. The number of likely N-dealkylation sites (tertiary alicyclic amines) is 2. The smallest absolute Gasteiger partial charge is 0.249 e. The van der Waals surface area contributed by atoms with Crippen molar-refractivity contribution in [3.63, 3.8) is 0 Å². The molecule has 8 rings (SSSR count). The Morgan fingerprint density at radius 1 is 0.519 bits per heavy atom. The number of morpholine rings is 2. The van der Waals surface area contributed by atoms with Crippen molar-refractivity contribution in [2.75, 3.05) is 65.8 Å². The van der Waals surface area contributed by atoms with Gasteiger partial charge in [0, 0.05) is 76.8 Å². The number of carbonyl (C=O) groups excluding carboxylic acids is 2. The lowest BCUT2D eigenvalue weighted by Crippen LogP contribution is -2.61. The molecule has 296 valence electrons. The summed E-state index contributed by atoms with van der Waals surface area (Å²) < 4.78 is 23.0. The van der Waals surface area contributed by atoms with Crippen LogP contribution in [-0.4, -0.2) is 146 Å². The molecule has 2 amide bonds. The van der Waals surface area contributed by atoms with Gasteiger partial charge in [-0.25, -0.2) is 0 Å². The fraction of sp³-hybridized carbons (Fsp3) is 0.952. The number of nitrogens with zero attached hydrogens (tertiary/aromatic N) is 4. The number of piperidine rings is 2. The largest absolute Gasteiger partial charge is 0.381 e. The highest BCUT2D eigenvalue weighted by Gasteiger charge is 2.44. The number of hydrogen-bond donors (Lipinski definition) is 0. The van der Waals surface area contributed by atoms with E-state index in [2.05, 4.69) is 33.4 Å². The van der Waals surface area contributed by atoms with Crippen LogP contribution in [0, 0.1) is 11.8 Å². The van der Waals surface area contributed by atoms with Gasteiger partial charge in [-0.1, -0.05) is 25.7 Å². The van der Waals surface area contributed by atoms with Gasteiger partial charge in [0.2, 0.25) is 11.8 Å². The zero-order valence-electron chi connectivity index (χ0n) is 32.8. The average molecular weight is 729 g/mol. The second-order valence-electron chi connectivity index (χ2n) is 17.5. The third-order valence-corrected chi connectivity index (χ3v) is 14.4. The quantitative estimate of drug-likeness (QED) is 0.286. The molecule has 10 nitrogen and oxygen atoms in total. The van der Waals surface area contributed by atoms with Crippen molar-refractivity contribution >= 4 is 11.8 Å². The van der Waals surface area contributed by atoms with Crippen LogP contribution in [0.25, 0.3) is 0 Å². The molecule has 0 spiro atoms. The number of fused-ring (bicyclic) bond motifs is 2. The van der Waals surface area contributed by atoms with Crippen molar-refractivity contribution in [3.8, 4) is 0 Å². The van der Waals surface area contributed by atoms with Crippen molar-refractivity contribution in [2.45, 2.75) is 178 Å². The Labute approximate surface area is 314 Å². The first-order chi connectivity index (χ1) is 25.5. The van der Waals surface area contributed by atoms with Gasteiger partial charge < -0.3 is 38.5 Å². The predicted octanol–water partition coefficient (Wildman–Crippen LogP) is 5.65. The zero-order valence-corrected chi connectivity index (χ0v) is 32.8. The summed E-state index contributed by atoms with van der Waals surface area (Å²) in [6, 6.07) is 3.06. The molecule has 0 radical (unpaired) electrons. The first-order valence-corrected chi connectivity index (χ1v) is 22.0. The van der Waals surface area contributed by atoms with Gasteiger partial charge in [-0.15, -0.1) is 0 Å². The maximum absolute atomic E-state index is 12.6. The summed E-state index contributed by atoms with van der Waals surface area (Å²) in [4.78, 5) is 35.1. The minimum atomic E-state index is 0.240. The normalized spacial score (nSPS) is 37.1.